The number of carbonyl (C=O) groups excluding carboxylic acids is 4. The van der Waals surface area contributed by atoms with Gasteiger partial charge < -0.3 is 20.6 Å². The SMILES string of the molecule is Cc1cc(C(F)(F)F)nc(-c2ccnc3cc(CN4C(=O)C5C(C4=O)C5(C)C)sc23)c1C(=O)N1CC[C@H](NC(=O)[C@@H](NC(=O)O)C(C)C)C1. The normalized spacial score (nSPS) is 22.1. The minimum atomic E-state index is -4.81. The Hall–Kier alpha value is -4.60. The third kappa shape index (κ3) is 6.10. The number of alkyl halides is 3. The topological polar surface area (TPSA) is 162 Å². The van der Waals surface area contributed by atoms with Gasteiger partial charge in [-0.15, -0.1) is 11.3 Å². The molecule has 0 spiro atoms. The Labute approximate surface area is 283 Å². The highest BCUT2D eigenvalue weighted by Gasteiger charge is 2.72. The number of fused-ring (bicyclic) bond motifs is 2. The molecule has 260 valence electrons. The highest BCUT2D eigenvalue weighted by atomic mass is 32.1. The van der Waals surface area contributed by atoms with E-state index in [9.17, 15) is 37.1 Å². The van der Waals surface area contributed by atoms with Crippen LogP contribution in [0.3, 0.4) is 0 Å². The van der Waals surface area contributed by atoms with Gasteiger partial charge in [0.25, 0.3) is 5.91 Å². The Morgan fingerprint density at radius 3 is 2.43 bits per heavy atom. The van der Waals surface area contributed by atoms with E-state index in [-0.39, 0.29) is 77.0 Å². The number of nitrogens with one attached hydrogen (secondary N) is 2. The Bertz CT molecular complexity index is 1880. The van der Waals surface area contributed by atoms with Crippen molar-refractivity contribution in [1.82, 2.24) is 30.4 Å². The van der Waals surface area contributed by atoms with Crippen molar-refractivity contribution in [3.63, 3.8) is 0 Å². The van der Waals surface area contributed by atoms with Gasteiger partial charge in [0.2, 0.25) is 17.7 Å². The van der Waals surface area contributed by atoms with Crippen molar-refractivity contribution in [2.24, 2.45) is 23.2 Å². The lowest BCUT2D eigenvalue weighted by molar-refractivity contribution is -0.144. The van der Waals surface area contributed by atoms with Crippen LogP contribution in [0.15, 0.2) is 24.4 Å². The molecule has 3 N–H and O–H groups in total. The number of hydrogen-bond donors (Lipinski definition) is 3. The number of piperidine rings is 1. The van der Waals surface area contributed by atoms with Gasteiger partial charge >= 0.3 is 12.3 Å². The maximum Gasteiger partial charge on any atom is 0.433 e. The number of rotatable bonds is 8. The van der Waals surface area contributed by atoms with E-state index < -0.39 is 41.9 Å². The molecule has 0 bridgehead atoms. The smallest absolute Gasteiger partial charge is 0.433 e. The van der Waals surface area contributed by atoms with Gasteiger partial charge in [-0.3, -0.25) is 29.1 Å². The predicted molar refractivity (Wildman–Crippen MR) is 171 cm³/mol. The fourth-order valence-electron chi connectivity index (χ4n) is 7.03. The zero-order valence-corrected chi connectivity index (χ0v) is 28.2. The van der Waals surface area contributed by atoms with Crippen LogP contribution in [0.25, 0.3) is 21.5 Å². The molecule has 6 rings (SSSR count). The molecule has 3 aliphatic rings. The largest absolute Gasteiger partial charge is 0.465 e. The van der Waals surface area contributed by atoms with Crippen LogP contribution >= 0.6 is 11.3 Å². The molecule has 3 aromatic rings. The molecule has 49 heavy (non-hydrogen) atoms. The van der Waals surface area contributed by atoms with Gasteiger partial charge in [0.1, 0.15) is 11.7 Å². The standard InChI is InChI=1S/C33H35F3N6O6S/c1-14(2)24(40-31(47)48)27(43)38-16-7-9-41(12-16)28(44)21-15(3)10-20(33(34,35)36)39-25(21)18-6-8-37-19-11-17(49-26(18)19)13-42-29(45)22-23(30(42)46)32(22,4)5/h6,8,10-11,14,16,22-24,40H,7,9,12-13H2,1-5H3,(H,38,43)(H,47,48)/t16-,22?,23?,24-/m0/s1. The zero-order chi connectivity index (χ0) is 35.7. The third-order valence-electron chi connectivity index (χ3n) is 9.69. The first kappa shape index (κ1) is 34.3. The number of amides is 5. The van der Waals surface area contributed by atoms with E-state index in [4.69, 9.17) is 5.11 Å². The number of carboxylic acid groups (broad SMARTS) is 1. The Morgan fingerprint density at radius 1 is 1.14 bits per heavy atom. The van der Waals surface area contributed by atoms with Crippen molar-refractivity contribution in [2.45, 2.75) is 65.8 Å². The second-order valence-electron chi connectivity index (χ2n) is 13.8. The zero-order valence-electron chi connectivity index (χ0n) is 27.3. The number of nitrogens with zero attached hydrogens (tertiary/aromatic N) is 4. The van der Waals surface area contributed by atoms with Crippen molar-refractivity contribution in [3.05, 3.63) is 46.1 Å². The summed E-state index contributed by atoms with van der Waals surface area (Å²) in [4.78, 5) is 75.7. The van der Waals surface area contributed by atoms with Gasteiger partial charge in [0.05, 0.1) is 39.9 Å². The molecule has 2 unspecified atom stereocenters. The van der Waals surface area contributed by atoms with E-state index in [0.29, 0.717) is 21.5 Å². The number of carbonyl (C=O) groups is 5. The number of aryl methyl sites for hydroxylation is 1. The van der Waals surface area contributed by atoms with Crippen molar-refractivity contribution >= 4 is 51.3 Å². The first-order valence-corrected chi connectivity index (χ1v) is 16.6. The average molecular weight is 701 g/mol. The Morgan fingerprint density at radius 2 is 1.82 bits per heavy atom. The van der Waals surface area contributed by atoms with Crippen LogP contribution in [0.5, 0.6) is 0 Å². The molecule has 16 heteroatoms. The Balaban J connectivity index is 1.31. The average Bonchev–Trinajstić information content (AvgIpc) is 3.41. The quantitative estimate of drug-likeness (QED) is 0.291. The molecule has 0 aromatic carbocycles. The van der Waals surface area contributed by atoms with Crippen molar-refractivity contribution in [1.29, 1.82) is 0 Å². The summed E-state index contributed by atoms with van der Waals surface area (Å²) < 4.78 is 42.6. The molecule has 3 fully saturated rings. The number of hydrogen-bond acceptors (Lipinski definition) is 8. The highest BCUT2D eigenvalue weighted by molar-refractivity contribution is 7.19. The second-order valence-corrected chi connectivity index (χ2v) is 14.9. The lowest BCUT2D eigenvalue weighted by Gasteiger charge is -2.23. The van der Waals surface area contributed by atoms with Crippen LogP contribution in [0.4, 0.5) is 18.0 Å². The van der Waals surface area contributed by atoms with Crippen LogP contribution in [-0.4, -0.2) is 79.8 Å². The molecule has 5 heterocycles. The van der Waals surface area contributed by atoms with Crippen LogP contribution in [0.1, 0.15) is 60.6 Å². The monoisotopic (exact) mass is 700 g/mol. The van der Waals surface area contributed by atoms with Gasteiger partial charge in [-0.2, -0.15) is 13.2 Å². The third-order valence-corrected chi connectivity index (χ3v) is 10.8. The van der Waals surface area contributed by atoms with Gasteiger partial charge in [0.15, 0.2) is 0 Å². The minimum Gasteiger partial charge on any atom is -0.465 e. The van der Waals surface area contributed by atoms with Gasteiger partial charge in [-0.1, -0.05) is 27.7 Å². The predicted octanol–water partition coefficient (Wildman–Crippen LogP) is 4.45. The molecule has 12 nitrogen and oxygen atoms in total. The number of halogens is 3. The summed E-state index contributed by atoms with van der Waals surface area (Å²) in [6, 6.07) is 2.46. The summed E-state index contributed by atoms with van der Waals surface area (Å²) >= 11 is 1.16. The first-order valence-electron chi connectivity index (χ1n) is 15.8. The summed E-state index contributed by atoms with van der Waals surface area (Å²) in [7, 11) is 0. The molecule has 4 atom stereocenters. The van der Waals surface area contributed by atoms with E-state index in [1.807, 2.05) is 13.8 Å². The number of aromatic nitrogens is 2. The summed E-state index contributed by atoms with van der Waals surface area (Å²) in [5.41, 5.74) is -1.07. The second kappa shape index (κ2) is 12.1. The Kier molecular flexibility index (Phi) is 8.44. The maximum absolute atomic E-state index is 14.1. The van der Waals surface area contributed by atoms with E-state index in [0.717, 1.165) is 17.4 Å². The number of likely N-dealkylation sites (tertiary alicyclic amines) is 2. The fourth-order valence-corrected chi connectivity index (χ4v) is 8.15. The van der Waals surface area contributed by atoms with Crippen molar-refractivity contribution in [2.75, 3.05) is 13.1 Å². The van der Waals surface area contributed by atoms with Crippen LogP contribution in [0, 0.1) is 30.1 Å². The van der Waals surface area contributed by atoms with E-state index in [1.54, 1.807) is 19.9 Å². The van der Waals surface area contributed by atoms with Gasteiger partial charge in [0, 0.05) is 35.8 Å². The van der Waals surface area contributed by atoms with Gasteiger partial charge in [-0.25, -0.2) is 9.78 Å². The molecule has 3 aromatic heterocycles. The lowest BCUT2D eigenvalue weighted by atomic mass is 9.99. The summed E-state index contributed by atoms with van der Waals surface area (Å²) in [5.74, 6) is -2.67. The van der Waals surface area contributed by atoms with E-state index >= 15 is 0 Å². The minimum absolute atomic E-state index is 0.00257. The summed E-state index contributed by atoms with van der Waals surface area (Å²) in [6.07, 6.45) is -4.41. The van der Waals surface area contributed by atoms with E-state index in [2.05, 4.69) is 20.6 Å². The summed E-state index contributed by atoms with van der Waals surface area (Å²) in [6.45, 7) is 8.79. The fraction of sp³-hybridized carbons (Fsp3) is 0.485. The van der Waals surface area contributed by atoms with Crippen molar-refractivity contribution < 1.29 is 42.3 Å². The lowest BCUT2D eigenvalue weighted by Crippen LogP contribution is -2.52. The molecule has 2 saturated heterocycles. The van der Waals surface area contributed by atoms with Crippen molar-refractivity contribution in [3.8, 4) is 11.3 Å². The van der Waals surface area contributed by atoms with E-state index in [1.165, 1.54) is 29.0 Å². The molecule has 5 amide bonds. The highest BCUT2D eigenvalue weighted by Crippen LogP contribution is 2.63. The van der Waals surface area contributed by atoms with Crippen LogP contribution in [0.2, 0.25) is 0 Å². The molecule has 2 aliphatic heterocycles. The van der Waals surface area contributed by atoms with Crippen LogP contribution < -0.4 is 10.6 Å². The molecule has 0 radical (unpaired) electrons. The van der Waals surface area contributed by atoms with Crippen LogP contribution in [-0.2, 0) is 27.1 Å². The molecule has 1 saturated carbocycles. The van der Waals surface area contributed by atoms with Gasteiger partial charge in [-0.05, 0) is 48.4 Å². The molecular formula is C33H35F3N6O6S. The summed E-state index contributed by atoms with van der Waals surface area (Å²) in [5, 5.41) is 14.1. The first-order chi connectivity index (χ1) is 22.9. The number of pyridine rings is 2. The molecule has 1 aliphatic carbocycles. The maximum atomic E-state index is 14.1. The number of imide groups is 1. The number of thiophene rings is 1. The molecular weight excluding hydrogens is 665 g/mol.